The number of nitro groups is 1. The monoisotopic (exact) mass is 403 g/mol. The molecule has 1 saturated heterocycles. The molecule has 3 rings (SSSR count). The maximum atomic E-state index is 13.1. The molecule has 9 nitrogen and oxygen atoms in total. The fourth-order valence-electron chi connectivity index (χ4n) is 4.24. The van der Waals surface area contributed by atoms with Crippen LogP contribution < -0.4 is 4.74 Å². The van der Waals surface area contributed by atoms with Crippen LogP contribution >= 0.6 is 0 Å². The van der Waals surface area contributed by atoms with Crippen molar-refractivity contribution in [2.45, 2.75) is 44.7 Å². The molecule has 2 amide bonds. The number of methoxy groups -OCH3 is 1. The number of nitro benzene ring substituents is 1. The number of carbonyl (C=O) groups is 2. The number of hydrogen-bond donors (Lipinski definition) is 1. The predicted molar refractivity (Wildman–Crippen MR) is 105 cm³/mol. The van der Waals surface area contributed by atoms with E-state index in [0.29, 0.717) is 24.1 Å². The van der Waals surface area contributed by atoms with Crippen LogP contribution in [0.3, 0.4) is 0 Å². The normalized spacial score (nSPS) is 20.2. The smallest absolute Gasteiger partial charge is 0.313 e. The Morgan fingerprint density at radius 1 is 1.31 bits per heavy atom. The summed E-state index contributed by atoms with van der Waals surface area (Å²) in [5.41, 5.74) is 0.376. The van der Waals surface area contributed by atoms with Gasteiger partial charge in [-0.2, -0.15) is 0 Å². The lowest BCUT2D eigenvalue weighted by Gasteiger charge is -2.38. The van der Waals surface area contributed by atoms with Gasteiger partial charge in [0.2, 0.25) is 0 Å². The first-order valence-electron chi connectivity index (χ1n) is 9.44. The molecule has 0 aromatic heterocycles. The van der Waals surface area contributed by atoms with Crippen molar-refractivity contribution in [2.24, 2.45) is 0 Å². The summed E-state index contributed by atoms with van der Waals surface area (Å²) in [5.74, 6) is -1.63. The zero-order valence-corrected chi connectivity index (χ0v) is 16.8. The van der Waals surface area contributed by atoms with E-state index in [-0.39, 0.29) is 23.7 Å². The fourth-order valence-corrected chi connectivity index (χ4v) is 4.24. The number of amides is 2. The third kappa shape index (κ3) is 3.52. The molecule has 2 heterocycles. The molecule has 1 unspecified atom stereocenters. The standard InChI is InChI=1S/C20H25N3O6/c1-12(24)17-14-11-15(23(27)28)16(29-4)10-13(14)6-9-21(17)18(25)19(26)22-8-5-7-20(22,2)3/h10-11,17,24H,1,5-9H2,2-4H3. The van der Waals surface area contributed by atoms with Crippen LogP contribution in [0.15, 0.2) is 24.5 Å². The SMILES string of the molecule is C=C(O)C1c2cc([N+](=O)[O-])c(OC)cc2CCN1C(=O)C(=O)N1CCCC1(C)C. The van der Waals surface area contributed by atoms with Crippen molar-refractivity contribution >= 4 is 17.5 Å². The van der Waals surface area contributed by atoms with Crippen molar-refractivity contribution in [1.82, 2.24) is 9.80 Å². The number of nitrogens with zero attached hydrogens (tertiary/aromatic N) is 3. The first-order chi connectivity index (χ1) is 13.6. The molecule has 0 saturated carbocycles. The highest BCUT2D eigenvalue weighted by molar-refractivity contribution is 6.35. The van der Waals surface area contributed by atoms with Gasteiger partial charge in [-0.3, -0.25) is 19.7 Å². The van der Waals surface area contributed by atoms with Crippen LogP contribution in [0.2, 0.25) is 0 Å². The first-order valence-corrected chi connectivity index (χ1v) is 9.44. The van der Waals surface area contributed by atoms with Gasteiger partial charge in [0.25, 0.3) is 0 Å². The van der Waals surface area contributed by atoms with Gasteiger partial charge in [0, 0.05) is 24.7 Å². The number of benzene rings is 1. The van der Waals surface area contributed by atoms with Crippen LogP contribution in [0.4, 0.5) is 5.69 Å². The summed E-state index contributed by atoms with van der Waals surface area (Å²) in [6.07, 6.45) is 1.99. The number of carbonyl (C=O) groups excluding carboxylic acids is 2. The van der Waals surface area contributed by atoms with E-state index in [2.05, 4.69) is 6.58 Å². The van der Waals surface area contributed by atoms with E-state index in [1.54, 1.807) is 4.90 Å². The number of likely N-dealkylation sites (tertiary alicyclic amines) is 1. The maximum absolute atomic E-state index is 13.1. The third-order valence-electron chi connectivity index (χ3n) is 5.77. The van der Waals surface area contributed by atoms with Gasteiger partial charge in [0.05, 0.1) is 12.0 Å². The average molecular weight is 403 g/mol. The van der Waals surface area contributed by atoms with Crippen LogP contribution in [0.5, 0.6) is 5.75 Å². The van der Waals surface area contributed by atoms with Crippen LogP contribution in [0.1, 0.15) is 43.9 Å². The largest absolute Gasteiger partial charge is 0.510 e. The Morgan fingerprint density at radius 3 is 2.52 bits per heavy atom. The van der Waals surface area contributed by atoms with Gasteiger partial charge in [0.1, 0.15) is 11.8 Å². The minimum absolute atomic E-state index is 0.103. The van der Waals surface area contributed by atoms with E-state index in [1.165, 1.54) is 24.1 Å². The lowest BCUT2D eigenvalue weighted by molar-refractivity contribution is -0.385. The summed E-state index contributed by atoms with van der Waals surface area (Å²) in [5, 5.41) is 21.6. The summed E-state index contributed by atoms with van der Waals surface area (Å²) >= 11 is 0. The van der Waals surface area contributed by atoms with Crippen molar-refractivity contribution < 1.29 is 24.4 Å². The maximum Gasteiger partial charge on any atom is 0.313 e. The van der Waals surface area contributed by atoms with Crippen LogP contribution in [-0.2, 0) is 16.0 Å². The Balaban J connectivity index is 2.00. The van der Waals surface area contributed by atoms with Crippen molar-refractivity contribution in [3.05, 3.63) is 45.7 Å². The lowest BCUT2D eigenvalue weighted by Crippen LogP contribution is -2.52. The molecule has 156 valence electrons. The minimum Gasteiger partial charge on any atom is -0.510 e. The van der Waals surface area contributed by atoms with Crippen LogP contribution in [0.25, 0.3) is 0 Å². The Kier molecular flexibility index (Phi) is 5.25. The van der Waals surface area contributed by atoms with Gasteiger partial charge in [-0.05, 0) is 50.3 Å². The quantitative estimate of drug-likeness (QED) is 0.359. The van der Waals surface area contributed by atoms with Crippen molar-refractivity contribution in [3.63, 3.8) is 0 Å². The predicted octanol–water partition coefficient (Wildman–Crippen LogP) is 2.50. The molecule has 0 aliphatic carbocycles. The second kappa shape index (κ2) is 7.38. The zero-order valence-electron chi connectivity index (χ0n) is 16.8. The molecule has 2 aliphatic rings. The van der Waals surface area contributed by atoms with Crippen molar-refractivity contribution in [1.29, 1.82) is 0 Å². The Labute approximate surface area is 168 Å². The number of aliphatic hydroxyl groups is 1. The number of hydrogen-bond acceptors (Lipinski definition) is 6. The topological polar surface area (TPSA) is 113 Å². The van der Waals surface area contributed by atoms with E-state index < -0.39 is 28.3 Å². The molecule has 2 aliphatic heterocycles. The first kappa shape index (κ1) is 20.6. The minimum atomic E-state index is -1.04. The molecule has 1 aromatic rings. The van der Waals surface area contributed by atoms with Crippen LogP contribution in [-0.4, -0.2) is 57.4 Å². The molecule has 1 N–H and O–H groups in total. The molecular formula is C20H25N3O6. The molecule has 0 spiro atoms. The number of ether oxygens (including phenoxy) is 1. The summed E-state index contributed by atoms with van der Waals surface area (Å²) in [4.78, 5) is 39.6. The zero-order chi connectivity index (χ0) is 21.5. The van der Waals surface area contributed by atoms with Gasteiger partial charge in [-0.15, -0.1) is 0 Å². The average Bonchev–Trinajstić information content (AvgIpc) is 3.03. The number of aliphatic hydroxyl groups excluding tert-OH is 1. The third-order valence-corrected chi connectivity index (χ3v) is 5.77. The number of rotatable bonds is 3. The Bertz CT molecular complexity index is 894. The van der Waals surface area contributed by atoms with E-state index in [1.807, 2.05) is 13.8 Å². The number of fused-ring (bicyclic) bond motifs is 1. The highest BCUT2D eigenvalue weighted by atomic mass is 16.6. The molecule has 1 aromatic carbocycles. The van der Waals surface area contributed by atoms with Gasteiger partial charge >= 0.3 is 17.5 Å². The van der Waals surface area contributed by atoms with E-state index in [0.717, 1.165) is 12.8 Å². The van der Waals surface area contributed by atoms with E-state index in [4.69, 9.17) is 4.74 Å². The van der Waals surface area contributed by atoms with Crippen molar-refractivity contribution in [2.75, 3.05) is 20.2 Å². The molecule has 9 heteroatoms. The Morgan fingerprint density at radius 2 is 2.00 bits per heavy atom. The molecule has 1 atom stereocenters. The van der Waals surface area contributed by atoms with E-state index in [9.17, 15) is 24.8 Å². The summed E-state index contributed by atoms with van der Waals surface area (Å²) in [7, 11) is 1.34. The van der Waals surface area contributed by atoms with Crippen LogP contribution in [0, 0.1) is 10.1 Å². The van der Waals surface area contributed by atoms with Gasteiger partial charge in [-0.25, -0.2) is 0 Å². The summed E-state index contributed by atoms with van der Waals surface area (Å²) in [6.45, 7) is 8.04. The van der Waals surface area contributed by atoms with Gasteiger partial charge < -0.3 is 19.6 Å². The molecule has 0 bridgehead atoms. The Hall–Kier alpha value is -3.10. The van der Waals surface area contributed by atoms with Gasteiger partial charge in [-0.1, -0.05) is 6.58 Å². The fraction of sp³-hybridized carbons (Fsp3) is 0.500. The molecule has 0 radical (unpaired) electrons. The second-order valence-electron chi connectivity index (χ2n) is 8.00. The summed E-state index contributed by atoms with van der Waals surface area (Å²) < 4.78 is 5.10. The lowest BCUT2D eigenvalue weighted by atomic mass is 9.90. The molecule has 29 heavy (non-hydrogen) atoms. The summed E-state index contributed by atoms with van der Waals surface area (Å²) in [6, 6.07) is 1.78. The highest BCUT2D eigenvalue weighted by Gasteiger charge is 2.43. The highest BCUT2D eigenvalue weighted by Crippen LogP contribution is 2.40. The van der Waals surface area contributed by atoms with Crippen molar-refractivity contribution in [3.8, 4) is 5.75 Å². The van der Waals surface area contributed by atoms with E-state index >= 15 is 0 Å². The molecular weight excluding hydrogens is 378 g/mol. The molecule has 1 fully saturated rings. The van der Waals surface area contributed by atoms with Gasteiger partial charge in [0.15, 0.2) is 5.75 Å². The second-order valence-corrected chi connectivity index (χ2v) is 8.00.